The Balaban J connectivity index is 1.71. The molecule has 0 spiro atoms. The Morgan fingerprint density at radius 2 is 1.79 bits per heavy atom. The molecule has 0 radical (unpaired) electrons. The van der Waals surface area contributed by atoms with E-state index >= 15 is 0 Å². The second-order valence-corrected chi connectivity index (χ2v) is 6.01. The second kappa shape index (κ2) is 7.41. The van der Waals surface area contributed by atoms with Gasteiger partial charge in [0.05, 0.1) is 19.7 Å². The topological polar surface area (TPSA) is 37.5 Å². The summed E-state index contributed by atoms with van der Waals surface area (Å²) in [5.41, 5.74) is 3.63. The van der Waals surface area contributed by atoms with Gasteiger partial charge in [0.1, 0.15) is 0 Å². The number of aromatic nitrogens is 1. The highest BCUT2D eigenvalue weighted by molar-refractivity contribution is 5.90. The molecule has 1 aromatic heterocycles. The molecule has 0 amide bonds. The minimum absolute atomic E-state index is 0.750. The Hall–Kier alpha value is -2.46. The van der Waals surface area contributed by atoms with E-state index in [4.69, 9.17) is 9.47 Å². The molecule has 126 valence electrons. The van der Waals surface area contributed by atoms with Crippen molar-refractivity contribution in [3.8, 4) is 11.5 Å². The van der Waals surface area contributed by atoms with Gasteiger partial charge in [0, 0.05) is 24.7 Å². The lowest BCUT2D eigenvalue weighted by Gasteiger charge is -2.16. The van der Waals surface area contributed by atoms with E-state index in [1.807, 2.05) is 6.07 Å². The van der Waals surface area contributed by atoms with Crippen molar-refractivity contribution in [3.05, 3.63) is 59.8 Å². The van der Waals surface area contributed by atoms with Crippen LogP contribution in [0.15, 0.2) is 48.7 Å². The molecule has 0 aliphatic carbocycles. The number of rotatable bonds is 7. The molecule has 4 heteroatoms. The molecule has 0 atom stereocenters. The van der Waals surface area contributed by atoms with Gasteiger partial charge < -0.3 is 19.4 Å². The molecule has 4 nitrogen and oxygen atoms in total. The number of nitrogens with zero attached hydrogens (tertiary/aromatic N) is 1. The highest BCUT2D eigenvalue weighted by Crippen LogP contribution is 2.36. The van der Waals surface area contributed by atoms with Crippen molar-refractivity contribution in [2.75, 3.05) is 27.8 Å². The van der Waals surface area contributed by atoms with Gasteiger partial charge in [0.25, 0.3) is 0 Å². The zero-order valence-corrected chi connectivity index (χ0v) is 14.5. The predicted octanol–water partition coefficient (Wildman–Crippen LogP) is 3.86. The van der Waals surface area contributed by atoms with E-state index in [-0.39, 0.29) is 0 Å². The van der Waals surface area contributed by atoms with Gasteiger partial charge in [-0.1, -0.05) is 30.3 Å². The van der Waals surface area contributed by atoms with E-state index in [2.05, 4.69) is 59.5 Å². The number of aromatic amines is 1. The molecule has 0 fully saturated rings. The van der Waals surface area contributed by atoms with E-state index in [1.54, 1.807) is 14.2 Å². The normalized spacial score (nSPS) is 11.2. The van der Waals surface area contributed by atoms with Gasteiger partial charge in [-0.3, -0.25) is 0 Å². The molecule has 1 heterocycles. The number of H-pyrrole nitrogens is 1. The van der Waals surface area contributed by atoms with Gasteiger partial charge in [-0.2, -0.15) is 0 Å². The first kappa shape index (κ1) is 16.4. The smallest absolute Gasteiger partial charge is 0.184 e. The lowest BCUT2D eigenvalue weighted by molar-refractivity contribution is 0.331. The number of fused-ring (bicyclic) bond motifs is 1. The lowest BCUT2D eigenvalue weighted by atomic mass is 10.1. The van der Waals surface area contributed by atoms with Gasteiger partial charge >= 0.3 is 0 Å². The van der Waals surface area contributed by atoms with Crippen molar-refractivity contribution < 1.29 is 9.47 Å². The van der Waals surface area contributed by atoms with Crippen LogP contribution in [-0.2, 0) is 13.0 Å². The van der Waals surface area contributed by atoms with Gasteiger partial charge in [0.2, 0.25) is 0 Å². The molecular formula is C20H24N2O2. The van der Waals surface area contributed by atoms with Crippen LogP contribution in [0.4, 0.5) is 0 Å². The van der Waals surface area contributed by atoms with Crippen molar-refractivity contribution in [1.82, 2.24) is 9.88 Å². The highest BCUT2D eigenvalue weighted by atomic mass is 16.5. The molecule has 2 aromatic carbocycles. The van der Waals surface area contributed by atoms with Crippen LogP contribution >= 0.6 is 0 Å². The average Bonchev–Trinajstić information content (AvgIpc) is 3.03. The zero-order valence-electron chi connectivity index (χ0n) is 14.5. The Morgan fingerprint density at radius 3 is 2.50 bits per heavy atom. The van der Waals surface area contributed by atoms with Crippen LogP contribution < -0.4 is 9.47 Å². The fourth-order valence-electron chi connectivity index (χ4n) is 3.07. The molecule has 0 unspecified atom stereocenters. The van der Waals surface area contributed by atoms with E-state index in [0.29, 0.717) is 0 Å². The summed E-state index contributed by atoms with van der Waals surface area (Å²) in [7, 11) is 5.49. The Morgan fingerprint density at radius 1 is 1.00 bits per heavy atom. The Bertz CT molecular complexity index is 796. The zero-order chi connectivity index (χ0) is 16.9. The molecular weight excluding hydrogens is 300 g/mol. The monoisotopic (exact) mass is 324 g/mol. The summed E-state index contributed by atoms with van der Waals surface area (Å²) in [6.07, 6.45) is 3.06. The maximum atomic E-state index is 5.50. The van der Waals surface area contributed by atoms with Crippen molar-refractivity contribution in [3.63, 3.8) is 0 Å². The number of ether oxygens (including phenoxy) is 2. The van der Waals surface area contributed by atoms with E-state index in [0.717, 1.165) is 36.5 Å². The van der Waals surface area contributed by atoms with Crippen LogP contribution in [0.2, 0.25) is 0 Å². The summed E-state index contributed by atoms with van der Waals surface area (Å²) in [5.74, 6) is 1.51. The largest absolute Gasteiger partial charge is 0.493 e. The number of nitrogens with one attached hydrogen (secondary N) is 1. The van der Waals surface area contributed by atoms with Crippen LogP contribution in [-0.4, -0.2) is 37.7 Å². The minimum Gasteiger partial charge on any atom is -0.493 e. The third-order valence-corrected chi connectivity index (χ3v) is 4.34. The standard InChI is InChI=1S/C20H24N2O2/c1-22(14-15-7-5-4-6-8-15)12-11-16-13-21-19-17(16)9-10-18(23-2)20(19)24-3/h4-10,13,21H,11-12,14H2,1-3H3. The summed E-state index contributed by atoms with van der Waals surface area (Å²) in [5, 5.41) is 1.20. The van der Waals surface area contributed by atoms with Crippen molar-refractivity contribution in [2.45, 2.75) is 13.0 Å². The molecule has 3 aromatic rings. The van der Waals surface area contributed by atoms with Gasteiger partial charge in [-0.05, 0) is 36.7 Å². The fourth-order valence-corrected chi connectivity index (χ4v) is 3.07. The Kier molecular flexibility index (Phi) is 5.06. The van der Waals surface area contributed by atoms with Crippen molar-refractivity contribution in [1.29, 1.82) is 0 Å². The molecule has 0 saturated carbocycles. The molecule has 3 rings (SSSR count). The molecule has 0 aliphatic heterocycles. The summed E-state index contributed by atoms with van der Waals surface area (Å²) < 4.78 is 10.9. The molecule has 0 bridgehead atoms. The number of likely N-dealkylation sites (N-methyl/N-ethyl adjacent to an activating group) is 1. The lowest BCUT2D eigenvalue weighted by Crippen LogP contribution is -2.20. The van der Waals surface area contributed by atoms with Crippen LogP contribution in [0.25, 0.3) is 10.9 Å². The van der Waals surface area contributed by atoms with Gasteiger partial charge in [-0.15, -0.1) is 0 Å². The molecule has 0 saturated heterocycles. The number of hydrogen-bond donors (Lipinski definition) is 1. The third-order valence-electron chi connectivity index (χ3n) is 4.34. The van der Waals surface area contributed by atoms with Gasteiger partial charge in [0.15, 0.2) is 11.5 Å². The SMILES string of the molecule is COc1ccc2c(CCN(C)Cc3ccccc3)c[nH]c2c1OC. The highest BCUT2D eigenvalue weighted by Gasteiger charge is 2.13. The second-order valence-electron chi connectivity index (χ2n) is 6.01. The molecule has 0 aliphatic rings. The average molecular weight is 324 g/mol. The summed E-state index contributed by atoms with van der Waals surface area (Å²) in [6, 6.07) is 14.6. The summed E-state index contributed by atoms with van der Waals surface area (Å²) >= 11 is 0. The predicted molar refractivity (Wildman–Crippen MR) is 97.9 cm³/mol. The quantitative estimate of drug-likeness (QED) is 0.717. The van der Waals surface area contributed by atoms with Crippen LogP contribution in [0.1, 0.15) is 11.1 Å². The first-order valence-electron chi connectivity index (χ1n) is 8.16. The summed E-state index contributed by atoms with van der Waals surface area (Å²) in [4.78, 5) is 5.67. The summed E-state index contributed by atoms with van der Waals surface area (Å²) in [6.45, 7) is 1.95. The van der Waals surface area contributed by atoms with Gasteiger partial charge in [-0.25, -0.2) is 0 Å². The number of hydrogen-bond acceptors (Lipinski definition) is 3. The van der Waals surface area contributed by atoms with Crippen LogP contribution in [0, 0.1) is 0 Å². The maximum Gasteiger partial charge on any atom is 0.184 e. The van der Waals surface area contributed by atoms with Crippen molar-refractivity contribution in [2.24, 2.45) is 0 Å². The van der Waals surface area contributed by atoms with E-state index < -0.39 is 0 Å². The first-order valence-corrected chi connectivity index (χ1v) is 8.16. The Labute approximate surface area is 143 Å². The molecule has 1 N–H and O–H groups in total. The third kappa shape index (κ3) is 3.39. The maximum absolute atomic E-state index is 5.50. The van der Waals surface area contributed by atoms with E-state index in [9.17, 15) is 0 Å². The van der Waals surface area contributed by atoms with E-state index in [1.165, 1.54) is 16.5 Å². The number of benzene rings is 2. The number of methoxy groups -OCH3 is 2. The van der Waals surface area contributed by atoms with Crippen LogP contribution in [0.5, 0.6) is 11.5 Å². The fraction of sp³-hybridized carbons (Fsp3) is 0.300. The molecule has 24 heavy (non-hydrogen) atoms. The van der Waals surface area contributed by atoms with Crippen molar-refractivity contribution >= 4 is 10.9 Å². The first-order chi connectivity index (χ1) is 11.7. The van der Waals surface area contributed by atoms with Crippen LogP contribution in [0.3, 0.4) is 0 Å². The minimum atomic E-state index is 0.750.